The van der Waals surface area contributed by atoms with Crippen LogP contribution in [0.15, 0.2) is 55.5 Å². The van der Waals surface area contributed by atoms with Crippen LogP contribution in [-0.4, -0.2) is 66.7 Å². The molecule has 0 bridgehead atoms. The van der Waals surface area contributed by atoms with Gasteiger partial charge in [-0.25, -0.2) is 19.6 Å². The average Bonchev–Trinajstić information content (AvgIpc) is 3.44. The molecule has 0 spiro atoms. The van der Waals surface area contributed by atoms with Gasteiger partial charge < -0.3 is 14.8 Å². The van der Waals surface area contributed by atoms with Crippen molar-refractivity contribution >= 4 is 22.6 Å². The third-order valence-corrected chi connectivity index (χ3v) is 5.00. The normalized spacial score (nSPS) is 14.6. The molecule has 9 heteroatoms. The molecule has 1 aromatic carbocycles. The Morgan fingerprint density at radius 2 is 1.82 bits per heavy atom. The van der Waals surface area contributed by atoms with Crippen molar-refractivity contribution in [2.75, 3.05) is 31.1 Å². The molecular formula is C19H18N8O. The molecule has 4 aromatic rings. The number of benzene rings is 1. The molecule has 1 aliphatic rings. The topological polar surface area (TPSA) is 95.8 Å². The van der Waals surface area contributed by atoms with Crippen LogP contribution in [-0.2, 0) is 0 Å². The lowest BCUT2D eigenvalue weighted by atomic mass is 10.1. The Morgan fingerprint density at radius 3 is 2.64 bits per heavy atom. The van der Waals surface area contributed by atoms with E-state index < -0.39 is 0 Å². The number of hydrogen-bond acceptors (Lipinski definition) is 6. The molecule has 140 valence electrons. The Morgan fingerprint density at radius 1 is 1.00 bits per heavy atom. The molecule has 1 N–H and O–H groups in total. The molecule has 1 aliphatic heterocycles. The summed E-state index contributed by atoms with van der Waals surface area (Å²) in [7, 11) is 0. The highest BCUT2D eigenvalue weighted by Crippen LogP contribution is 2.21. The van der Waals surface area contributed by atoms with Gasteiger partial charge in [0.05, 0.1) is 5.56 Å². The van der Waals surface area contributed by atoms with Crippen molar-refractivity contribution in [3.63, 3.8) is 0 Å². The molecule has 0 aliphatic carbocycles. The van der Waals surface area contributed by atoms with Gasteiger partial charge in [-0.2, -0.15) is 5.10 Å². The summed E-state index contributed by atoms with van der Waals surface area (Å²) in [6, 6.07) is 9.74. The van der Waals surface area contributed by atoms with Crippen LogP contribution < -0.4 is 4.90 Å². The highest BCUT2D eigenvalue weighted by Gasteiger charge is 2.24. The minimum Gasteiger partial charge on any atom is -0.360 e. The van der Waals surface area contributed by atoms with Crippen molar-refractivity contribution in [1.29, 1.82) is 0 Å². The largest absolute Gasteiger partial charge is 0.360 e. The molecule has 1 saturated heterocycles. The fraction of sp³-hybridized carbons (Fsp3) is 0.211. The number of carbonyl (C=O) groups excluding carboxylic acids is 1. The van der Waals surface area contributed by atoms with Crippen LogP contribution in [0.2, 0.25) is 0 Å². The minimum atomic E-state index is 0.0584. The van der Waals surface area contributed by atoms with Crippen molar-refractivity contribution in [3.05, 3.63) is 61.1 Å². The molecular weight excluding hydrogens is 356 g/mol. The smallest absolute Gasteiger partial charge is 0.256 e. The van der Waals surface area contributed by atoms with E-state index in [9.17, 15) is 4.79 Å². The maximum Gasteiger partial charge on any atom is 0.256 e. The van der Waals surface area contributed by atoms with Gasteiger partial charge in [-0.05, 0) is 6.07 Å². The SMILES string of the molecule is O=C(c1c[nH]c2ccccc12)N1CCN(c2cc(-n3cncn3)ncn2)CC1. The molecule has 0 unspecified atom stereocenters. The van der Waals surface area contributed by atoms with Crippen LogP contribution in [0.3, 0.4) is 0 Å². The number of aromatic nitrogens is 6. The van der Waals surface area contributed by atoms with Gasteiger partial charge in [0.15, 0.2) is 5.82 Å². The monoisotopic (exact) mass is 374 g/mol. The lowest BCUT2D eigenvalue weighted by Crippen LogP contribution is -2.49. The summed E-state index contributed by atoms with van der Waals surface area (Å²) in [4.78, 5) is 32.8. The number of para-hydroxylation sites is 1. The number of hydrogen-bond donors (Lipinski definition) is 1. The zero-order valence-electron chi connectivity index (χ0n) is 15.1. The third-order valence-electron chi connectivity index (χ3n) is 5.00. The summed E-state index contributed by atoms with van der Waals surface area (Å²) in [5.74, 6) is 1.54. The van der Waals surface area contributed by atoms with Gasteiger partial charge in [0.1, 0.15) is 24.8 Å². The van der Waals surface area contributed by atoms with E-state index in [-0.39, 0.29) is 5.91 Å². The lowest BCUT2D eigenvalue weighted by Gasteiger charge is -2.35. The van der Waals surface area contributed by atoms with Gasteiger partial charge in [0.2, 0.25) is 0 Å². The van der Waals surface area contributed by atoms with Crippen LogP contribution in [0, 0.1) is 0 Å². The van der Waals surface area contributed by atoms with Crippen LogP contribution in [0.4, 0.5) is 5.82 Å². The molecule has 28 heavy (non-hydrogen) atoms. The van der Waals surface area contributed by atoms with Gasteiger partial charge >= 0.3 is 0 Å². The number of rotatable bonds is 3. The quantitative estimate of drug-likeness (QED) is 0.584. The molecule has 1 fully saturated rings. The van der Waals surface area contributed by atoms with Crippen LogP contribution in [0.5, 0.6) is 0 Å². The van der Waals surface area contributed by atoms with Gasteiger partial charge in [-0.3, -0.25) is 4.79 Å². The number of nitrogens with one attached hydrogen (secondary N) is 1. The fourth-order valence-electron chi connectivity index (χ4n) is 3.52. The minimum absolute atomic E-state index is 0.0584. The summed E-state index contributed by atoms with van der Waals surface area (Å²) in [5, 5.41) is 5.06. The first-order valence-corrected chi connectivity index (χ1v) is 9.07. The van der Waals surface area contributed by atoms with E-state index in [2.05, 4.69) is 29.9 Å². The number of carbonyl (C=O) groups is 1. The number of fused-ring (bicyclic) bond motifs is 1. The summed E-state index contributed by atoms with van der Waals surface area (Å²) >= 11 is 0. The van der Waals surface area contributed by atoms with Crippen LogP contribution >= 0.6 is 0 Å². The summed E-state index contributed by atoms with van der Waals surface area (Å²) in [6.07, 6.45) is 6.39. The molecule has 3 aromatic heterocycles. The van der Waals surface area contributed by atoms with Crippen LogP contribution in [0.1, 0.15) is 10.4 Å². The number of amides is 1. The second-order valence-electron chi connectivity index (χ2n) is 6.60. The standard InChI is InChI=1S/C19H18N8O/c28-19(15-10-21-16-4-2-1-3-14(15)16)26-7-5-25(6-8-26)17-9-18(23-12-22-17)27-13-20-11-24-27/h1-4,9-13,21H,5-8H2. The van der Waals surface area contributed by atoms with Crippen molar-refractivity contribution in [1.82, 2.24) is 34.6 Å². The molecule has 5 rings (SSSR count). The third kappa shape index (κ3) is 2.86. The number of nitrogens with zero attached hydrogens (tertiary/aromatic N) is 7. The van der Waals surface area contributed by atoms with Gasteiger partial charge in [0.25, 0.3) is 5.91 Å². The highest BCUT2D eigenvalue weighted by atomic mass is 16.2. The zero-order chi connectivity index (χ0) is 18.9. The fourth-order valence-corrected chi connectivity index (χ4v) is 3.52. The first-order chi connectivity index (χ1) is 13.8. The lowest BCUT2D eigenvalue weighted by molar-refractivity contribution is 0.0748. The van der Waals surface area contributed by atoms with E-state index >= 15 is 0 Å². The Kier molecular flexibility index (Phi) is 3.97. The van der Waals surface area contributed by atoms with Gasteiger partial charge in [-0.1, -0.05) is 18.2 Å². The van der Waals surface area contributed by atoms with Gasteiger partial charge in [0, 0.05) is 49.3 Å². The maximum absolute atomic E-state index is 13.0. The van der Waals surface area contributed by atoms with E-state index in [0.717, 1.165) is 22.3 Å². The van der Waals surface area contributed by atoms with E-state index in [1.165, 1.54) is 12.7 Å². The van der Waals surface area contributed by atoms with E-state index in [1.807, 2.05) is 35.2 Å². The van der Waals surface area contributed by atoms with Gasteiger partial charge in [-0.15, -0.1) is 0 Å². The number of piperazine rings is 1. The van der Waals surface area contributed by atoms with Crippen LogP contribution in [0.25, 0.3) is 16.7 Å². The van der Waals surface area contributed by atoms with Crippen molar-refractivity contribution in [3.8, 4) is 5.82 Å². The first-order valence-electron chi connectivity index (χ1n) is 9.07. The van der Waals surface area contributed by atoms with E-state index in [0.29, 0.717) is 32.0 Å². The summed E-state index contributed by atoms with van der Waals surface area (Å²) in [5.41, 5.74) is 1.70. The predicted octanol–water partition coefficient (Wildman–Crippen LogP) is 1.50. The summed E-state index contributed by atoms with van der Waals surface area (Å²) < 4.78 is 1.60. The molecule has 0 atom stereocenters. The average molecular weight is 374 g/mol. The van der Waals surface area contributed by atoms with Crippen molar-refractivity contribution in [2.45, 2.75) is 0 Å². The Labute approximate surface area is 160 Å². The molecule has 4 heterocycles. The Bertz CT molecular complexity index is 1110. The maximum atomic E-state index is 13.0. The molecule has 0 radical (unpaired) electrons. The second-order valence-corrected chi connectivity index (χ2v) is 6.60. The molecule has 1 amide bonds. The van der Waals surface area contributed by atoms with E-state index in [4.69, 9.17) is 0 Å². The highest BCUT2D eigenvalue weighted by molar-refractivity contribution is 6.06. The Hall–Kier alpha value is -3.75. The molecule has 0 saturated carbocycles. The van der Waals surface area contributed by atoms with Crippen molar-refractivity contribution < 1.29 is 4.79 Å². The number of H-pyrrole nitrogens is 1. The second kappa shape index (κ2) is 6.76. The van der Waals surface area contributed by atoms with Crippen molar-refractivity contribution in [2.24, 2.45) is 0 Å². The molecule has 9 nitrogen and oxygen atoms in total. The predicted molar refractivity (Wildman–Crippen MR) is 103 cm³/mol. The number of anilines is 1. The number of aromatic amines is 1. The summed E-state index contributed by atoms with van der Waals surface area (Å²) in [6.45, 7) is 2.70. The Balaban J connectivity index is 1.30. The first kappa shape index (κ1) is 16.4. The zero-order valence-corrected chi connectivity index (χ0v) is 15.1. The van der Waals surface area contributed by atoms with E-state index in [1.54, 1.807) is 17.2 Å².